The van der Waals surface area contributed by atoms with E-state index >= 15 is 0 Å². The smallest absolute Gasteiger partial charge is 0.0480 e. The van der Waals surface area contributed by atoms with Crippen molar-refractivity contribution in [1.29, 1.82) is 0 Å². The number of benzene rings is 2. The van der Waals surface area contributed by atoms with E-state index in [4.69, 9.17) is 0 Å². The van der Waals surface area contributed by atoms with Gasteiger partial charge in [0.2, 0.25) is 0 Å². The van der Waals surface area contributed by atoms with Gasteiger partial charge in [-0.25, -0.2) is 0 Å². The molecule has 2 heterocycles. The van der Waals surface area contributed by atoms with E-state index in [1.54, 1.807) is 0 Å². The third-order valence-corrected chi connectivity index (χ3v) is 5.13. The molecule has 4 rings (SSSR count). The standard InChI is InChI=1S/C24H25N3/c1-18(15-22-17-27(2)24-6-4-3-5-23(22)24)26-16-19-7-9-20(10-8-19)21-11-13-25-14-12-21/h3-14,17-18,26H,15-16H2,1-2H3. The first-order chi connectivity index (χ1) is 13.2. The van der Waals surface area contributed by atoms with Crippen molar-refractivity contribution < 1.29 is 0 Å². The molecule has 1 atom stereocenters. The number of nitrogens with one attached hydrogen (secondary N) is 1. The van der Waals surface area contributed by atoms with E-state index in [0.717, 1.165) is 13.0 Å². The molecule has 136 valence electrons. The van der Waals surface area contributed by atoms with E-state index in [2.05, 4.69) is 83.6 Å². The van der Waals surface area contributed by atoms with Gasteiger partial charge in [0.25, 0.3) is 0 Å². The Hall–Kier alpha value is -2.91. The molecule has 3 nitrogen and oxygen atoms in total. The molecule has 27 heavy (non-hydrogen) atoms. The Balaban J connectivity index is 1.38. The maximum Gasteiger partial charge on any atom is 0.0480 e. The number of rotatable bonds is 6. The molecule has 0 spiro atoms. The number of aryl methyl sites for hydroxylation is 1. The van der Waals surface area contributed by atoms with Gasteiger partial charge in [-0.15, -0.1) is 0 Å². The van der Waals surface area contributed by atoms with Crippen LogP contribution >= 0.6 is 0 Å². The Bertz CT molecular complexity index is 1020. The molecule has 1 N–H and O–H groups in total. The van der Waals surface area contributed by atoms with Gasteiger partial charge in [-0.2, -0.15) is 0 Å². The van der Waals surface area contributed by atoms with Crippen LogP contribution in [0.5, 0.6) is 0 Å². The minimum atomic E-state index is 0.413. The molecule has 0 radical (unpaired) electrons. The summed E-state index contributed by atoms with van der Waals surface area (Å²) in [6.07, 6.45) is 6.95. The zero-order valence-electron chi connectivity index (χ0n) is 15.9. The van der Waals surface area contributed by atoms with E-state index in [1.807, 2.05) is 24.5 Å². The second-order valence-corrected chi connectivity index (χ2v) is 7.20. The van der Waals surface area contributed by atoms with Gasteiger partial charge < -0.3 is 9.88 Å². The van der Waals surface area contributed by atoms with Gasteiger partial charge in [-0.1, -0.05) is 42.5 Å². The van der Waals surface area contributed by atoms with E-state index in [1.165, 1.54) is 33.2 Å². The summed E-state index contributed by atoms with van der Waals surface area (Å²) in [5.41, 5.74) is 6.43. The monoisotopic (exact) mass is 355 g/mol. The second-order valence-electron chi connectivity index (χ2n) is 7.20. The molecular formula is C24H25N3. The van der Waals surface area contributed by atoms with E-state index in [0.29, 0.717) is 6.04 Å². The van der Waals surface area contributed by atoms with Crippen molar-refractivity contribution in [3.8, 4) is 11.1 Å². The van der Waals surface area contributed by atoms with Crippen molar-refractivity contribution in [1.82, 2.24) is 14.9 Å². The maximum absolute atomic E-state index is 4.08. The van der Waals surface area contributed by atoms with Gasteiger partial charge in [0.15, 0.2) is 0 Å². The maximum atomic E-state index is 4.08. The van der Waals surface area contributed by atoms with Crippen molar-refractivity contribution in [2.24, 2.45) is 7.05 Å². The lowest BCUT2D eigenvalue weighted by molar-refractivity contribution is 0.546. The number of hydrogen-bond donors (Lipinski definition) is 1. The third-order valence-electron chi connectivity index (χ3n) is 5.13. The highest BCUT2D eigenvalue weighted by molar-refractivity contribution is 5.83. The predicted molar refractivity (Wildman–Crippen MR) is 113 cm³/mol. The van der Waals surface area contributed by atoms with Crippen molar-refractivity contribution in [3.05, 3.63) is 90.4 Å². The first-order valence-corrected chi connectivity index (χ1v) is 9.46. The first-order valence-electron chi connectivity index (χ1n) is 9.46. The van der Waals surface area contributed by atoms with Crippen molar-refractivity contribution in [2.75, 3.05) is 0 Å². The van der Waals surface area contributed by atoms with Gasteiger partial charge in [0.1, 0.15) is 0 Å². The van der Waals surface area contributed by atoms with Crippen LogP contribution in [0.25, 0.3) is 22.0 Å². The minimum Gasteiger partial charge on any atom is -0.350 e. The predicted octanol–water partition coefficient (Wildman–Crippen LogP) is 4.96. The number of fused-ring (bicyclic) bond motifs is 1. The molecule has 0 saturated heterocycles. The highest BCUT2D eigenvalue weighted by Gasteiger charge is 2.10. The topological polar surface area (TPSA) is 29.9 Å². The highest BCUT2D eigenvalue weighted by atomic mass is 14.9. The molecule has 0 bridgehead atoms. The molecule has 0 saturated carbocycles. The zero-order chi connectivity index (χ0) is 18.6. The third kappa shape index (κ3) is 3.93. The van der Waals surface area contributed by atoms with Crippen LogP contribution < -0.4 is 5.32 Å². The molecular weight excluding hydrogens is 330 g/mol. The molecule has 2 aromatic carbocycles. The van der Waals surface area contributed by atoms with E-state index in [-0.39, 0.29) is 0 Å². The molecule has 0 aliphatic rings. The molecule has 1 unspecified atom stereocenters. The summed E-state index contributed by atoms with van der Waals surface area (Å²) < 4.78 is 2.22. The SMILES string of the molecule is CC(Cc1cn(C)c2ccccc12)NCc1ccc(-c2ccncc2)cc1. The Morgan fingerprint density at radius 3 is 2.41 bits per heavy atom. The minimum absolute atomic E-state index is 0.413. The lowest BCUT2D eigenvalue weighted by Crippen LogP contribution is -2.27. The molecule has 0 aliphatic heterocycles. The fourth-order valence-electron chi connectivity index (χ4n) is 3.64. The van der Waals surface area contributed by atoms with Gasteiger partial charge in [-0.05, 0) is 53.8 Å². The van der Waals surface area contributed by atoms with Crippen LogP contribution in [0.15, 0.2) is 79.3 Å². The average Bonchev–Trinajstić information content (AvgIpc) is 3.03. The summed E-state index contributed by atoms with van der Waals surface area (Å²) in [5.74, 6) is 0. The summed E-state index contributed by atoms with van der Waals surface area (Å²) in [4.78, 5) is 4.08. The van der Waals surface area contributed by atoms with Gasteiger partial charge in [0, 0.05) is 49.1 Å². The Morgan fingerprint density at radius 2 is 1.63 bits per heavy atom. The molecule has 3 heteroatoms. The van der Waals surface area contributed by atoms with Gasteiger partial charge >= 0.3 is 0 Å². The normalized spacial score (nSPS) is 12.4. The molecule has 2 aromatic heterocycles. The van der Waals surface area contributed by atoms with Crippen LogP contribution in [0.1, 0.15) is 18.1 Å². The quantitative estimate of drug-likeness (QED) is 0.530. The Labute approximate surface area is 160 Å². The number of para-hydroxylation sites is 1. The number of aromatic nitrogens is 2. The number of pyridine rings is 1. The average molecular weight is 355 g/mol. The largest absolute Gasteiger partial charge is 0.350 e. The zero-order valence-corrected chi connectivity index (χ0v) is 15.9. The lowest BCUT2D eigenvalue weighted by atomic mass is 10.0. The van der Waals surface area contributed by atoms with Crippen LogP contribution in [0.2, 0.25) is 0 Å². The first kappa shape index (κ1) is 17.5. The van der Waals surface area contributed by atoms with Crippen LogP contribution in [-0.4, -0.2) is 15.6 Å². The summed E-state index contributed by atoms with van der Waals surface area (Å²) in [5, 5.41) is 5.02. The van der Waals surface area contributed by atoms with Gasteiger partial charge in [0.05, 0.1) is 0 Å². The van der Waals surface area contributed by atoms with Crippen LogP contribution in [0.3, 0.4) is 0 Å². The molecule has 4 aromatic rings. The lowest BCUT2D eigenvalue weighted by Gasteiger charge is -2.14. The fourth-order valence-corrected chi connectivity index (χ4v) is 3.64. The van der Waals surface area contributed by atoms with Crippen LogP contribution in [0.4, 0.5) is 0 Å². The molecule has 0 aliphatic carbocycles. The van der Waals surface area contributed by atoms with Crippen molar-refractivity contribution in [2.45, 2.75) is 25.9 Å². The van der Waals surface area contributed by atoms with E-state index in [9.17, 15) is 0 Å². The number of nitrogens with zero attached hydrogens (tertiary/aromatic N) is 2. The highest BCUT2D eigenvalue weighted by Crippen LogP contribution is 2.22. The van der Waals surface area contributed by atoms with Gasteiger partial charge in [-0.3, -0.25) is 4.98 Å². The van der Waals surface area contributed by atoms with E-state index < -0.39 is 0 Å². The Morgan fingerprint density at radius 1 is 0.926 bits per heavy atom. The summed E-state index contributed by atoms with van der Waals surface area (Å²) in [6, 6.07) is 21.9. The summed E-state index contributed by atoms with van der Waals surface area (Å²) in [7, 11) is 2.12. The number of hydrogen-bond acceptors (Lipinski definition) is 2. The van der Waals surface area contributed by atoms with Crippen molar-refractivity contribution >= 4 is 10.9 Å². The van der Waals surface area contributed by atoms with Crippen molar-refractivity contribution in [3.63, 3.8) is 0 Å². The Kier molecular flexibility index (Phi) is 5.03. The molecule has 0 fully saturated rings. The van der Waals surface area contributed by atoms with Crippen LogP contribution in [-0.2, 0) is 20.0 Å². The van der Waals surface area contributed by atoms with Crippen LogP contribution in [0, 0.1) is 0 Å². The fraction of sp³-hybridized carbons (Fsp3) is 0.208. The summed E-state index contributed by atoms with van der Waals surface area (Å²) >= 11 is 0. The second kappa shape index (κ2) is 7.77. The summed E-state index contributed by atoms with van der Waals surface area (Å²) in [6.45, 7) is 3.13. The molecule has 0 amide bonds.